The Balaban J connectivity index is 1.77. The minimum Gasteiger partial charge on any atom is -0.477 e. The van der Waals surface area contributed by atoms with Crippen molar-refractivity contribution in [1.29, 1.82) is 0 Å². The summed E-state index contributed by atoms with van der Waals surface area (Å²) in [5.74, 6) is -1.00. The summed E-state index contributed by atoms with van der Waals surface area (Å²) in [6.45, 7) is 0. The summed E-state index contributed by atoms with van der Waals surface area (Å²) in [7, 11) is 0. The molecule has 0 saturated carbocycles. The molecule has 1 aromatic heterocycles. The number of rotatable bonds is 3. The van der Waals surface area contributed by atoms with Gasteiger partial charge in [-0.1, -0.05) is 23.4 Å². The van der Waals surface area contributed by atoms with E-state index in [1.165, 1.54) is 0 Å². The number of fused-ring (bicyclic) bond motifs is 1. The van der Waals surface area contributed by atoms with Crippen molar-refractivity contribution < 1.29 is 14.7 Å². The van der Waals surface area contributed by atoms with Gasteiger partial charge in [-0.3, -0.25) is 0 Å². The number of aromatic amines is 1. The number of carbonyl (C=O) groups is 1. The third-order valence-electron chi connectivity index (χ3n) is 3.10. The molecule has 5 heteroatoms. The van der Waals surface area contributed by atoms with Crippen LogP contribution in [-0.4, -0.2) is 27.9 Å². The van der Waals surface area contributed by atoms with E-state index in [0.29, 0.717) is 12.8 Å². The highest BCUT2D eigenvalue weighted by molar-refractivity contribution is 6.35. The van der Waals surface area contributed by atoms with Crippen LogP contribution in [0.2, 0.25) is 0 Å². The fourth-order valence-electron chi connectivity index (χ4n) is 2.21. The lowest BCUT2D eigenvalue weighted by Gasteiger charge is -2.06. The molecular weight excluding hydrogens is 232 g/mol. The van der Waals surface area contributed by atoms with E-state index in [1.807, 2.05) is 30.5 Å². The maximum Gasteiger partial charge on any atom is 0.353 e. The van der Waals surface area contributed by atoms with Gasteiger partial charge in [0, 0.05) is 29.9 Å². The molecule has 2 heterocycles. The Labute approximate surface area is 103 Å². The fourth-order valence-corrected chi connectivity index (χ4v) is 2.21. The minimum absolute atomic E-state index is 0.0971. The van der Waals surface area contributed by atoms with Gasteiger partial charge in [-0.25, -0.2) is 4.79 Å². The topological polar surface area (TPSA) is 74.7 Å². The molecule has 0 spiro atoms. The maximum atomic E-state index is 10.7. The summed E-state index contributed by atoms with van der Waals surface area (Å²) in [6.07, 6.45) is 2.77. The molecule has 0 unspecified atom stereocenters. The Morgan fingerprint density at radius 2 is 2.33 bits per heavy atom. The number of H-pyrrole nitrogens is 1. The number of aliphatic carboxylic acids is 1. The summed E-state index contributed by atoms with van der Waals surface area (Å²) in [5, 5.41) is 13.5. The molecule has 1 aliphatic rings. The van der Waals surface area contributed by atoms with Crippen molar-refractivity contribution in [3.63, 3.8) is 0 Å². The van der Waals surface area contributed by atoms with Crippen LogP contribution >= 0.6 is 0 Å². The Hall–Kier alpha value is -2.30. The number of hydrogen-bond acceptors (Lipinski definition) is 3. The second kappa shape index (κ2) is 4.18. The molecule has 3 rings (SSSR count). The highest BCUT2D eigenvalue weighted by Crippen LogP contribution is 2.22. The van der Waals surface area contributed by atoms with Gasteiger partial charge in [0.2, 0.25) is 0 Å². The number of oxime groups is 1. The van der Waals surface area contributed by atoms with Gasteiger partial charge in [0.25, 0.3) is 0 Å². The van der Waals surface area contributed by atoms with Crippen molar-refractivity contribution >= 4 is 22.6 Å². The summed E-state index contributed by atoms with van der Waals surface area (Å²) >= 11 is 0. The number of nitrogens with zero attached hydrogens (tertiary/aromatic N) is 1. The van der Waals surface area contributed by atoms with E-state index in [1.54, 1.807) is 0 Å². The first kappa shape index (κ1) is 10.8. The van der Waals surface area contributed by atoms with Gasteiger partial charge in [-0.2, -0.15) is 0 Å². The molecular formula is C13H12N2O3. The smallest absolute Gasteiger partial charge is 0.353 e. The van der Waals surface area contributed by atoms with Crippen molar-refractivity contribution in [2.75, 3.05) is 0 Å². The van der Waals surface area contributed by atoms with Gasteiger partial charge in [-0.15, -0.1) is 0 Å². The third-order valence-corrected chi connectivity index (χ3v) is 3.10. The predicted octanol–water partition coefficient (Wildman–Crippen LogP) is 1.94. The van der Waals surface area contributed by atoms with E-state index in [-0.39, 0.29) is 11.8 Å². The number of para-hydroxylation sites is 1. The molecule has 1 aromatic carbocycles. The van der Waals surface area contributed by atoms with Gasteiger partial charge >= 0.3 is 5.97 Å². The molecule has 0 radical (unpaired) electrons. The quantitative estimate of drug-likeness (QED) is 0.866. The molecule has 1 atom stereocenters. The lowest BCUT2D eigenvalue weighted by atomic mass is 10.0. The van der Waals surface area contributed by atoms with Crippen LogP contribution < -0.4 is 0 Å². The second-order valence-electron chi connectivity index (χ2n) is 4.34. The first-order chi connectivity index (χ1) is 8.74. The van der Waals surface area contributed by atoms with Crippen LogP contribution in [0, 0.1) is 0 Å². The number of hydrogen-bond donors (Lipinski definition) is 2. The highest BCUT2D eigenvalue weighted by Gasteiger charge is 2.26. The van der Waals surface area contributed by atoms with Crippen LogP contribution in [-0.2, 0) is 16.1 Å². The van der Waals surface area contributed by atoms with E-state index in [4.69, 9.17) is 9.94 Å². The first-order valence-corrected chi connectivity index (χ1v) is 5.75. The van der Waals surface area contributed by atoms with E-state index < -0.39 is 5.97 Å². The Bertz CT molecular complexity index is 630. The summed E-state index contributed by atoms with van der Waals surface area (Å²) in [4.78, 5) is 19.1. The van der Waals surface area contributed by atoms with E-state index in [2.05, 4.69) is 10.1 Å². The average molecular weight is 244 g/mol. The third kappa shape index (κ3) is 1.84. The van der Waals surface area contributed by atoms with Crippen LogP contribution in [0.5, 0.6) is 0 Å². The zero-order chi connectivity index (χ0) is 12.5. The van der Waals surface area contributed by atoms with Crippen molar-refractivity contribution in [2.45, 2.75) is 18.9 Å². The van der Waals surface area contributed by atoms with Crippen LogP contribution in [0.25, 0.3) is 10.9 Å². The number of aromatic nitrogens is 1. The lowest BCUT2D eigenvalue weighted by molar-refractivity contribution is -0.129. The molecule has 0 bridgehead atoms. The monoisotopic (exact) mass is 244 g/mol. The molecule has 1 aliphatic heterocycles. The van der Waals surface area contributed by atoms with Gasteiger partial charge in [0.05, 0.1) is 0 Å². The Kier molecular flexibility index (Phi) is 2.51. The Morgan fingerprint density at radius 3 is 3.11 bits per heavy atom. The molecule has 0 amide bonds. The molecule has 0 aliphatic carbocycles. The normalized spacial score (nSPS) is 18.7. The first-order valence-electron chi connectivity index (χ1n) is 5.75. The number of nitrogens with one attached hydrogen (secondary N) is 1. The van der Waals surface area contributed by atoms with Gasteiger partial charge in [0.1, 0.15) is 6.10 Å². The number of benzene rings is 1. The van der Waals surface area contributed by atoms with Crippen LogP contribution in [0.15, 0.2) is 35.6 Å². The zero-order valence-electron chi connectivity index (χ0n) is 9.59. The van der Waals surface area contributed by atoms with Crippen LogP contribution in [0.4, 0.5) is 0 Å². The fraction of sp³-hybridized carbons (Fsp3) is 0.231. The summed E-state index contributed by atoms with van der Waals surface area (Å²) in [6, 6.07) is 8.00. The van der Waals surface area contributed by atoms with Crippen LogP contribution in [0.1, 0.15) is 12.0 Å². The second-order valence-corrected chi connectivity index (χ2v) is 4.34. The molecule has 0 fully saturated rings. The molecule has 92 valence electrons. The zero-order valence-corrected chi connectivity index (χ0v) is 9.59. The lowest BCUT2D eigenvalue weighted by Crippen LogP contribution is -2.16. The average Bonchev–Trinajstić information content (AvgIpc) is 2.98. The standard InChI is InChI=1S/C13H12N2O3/c16-13(17)12-6-9(18-15-12)5-8-7-14-11-4-2-1-3-10(8)11/h1-4,7,9,14H,5-6H2,(H,16,17)/t9-/m0/s1. The van der Waals surface area contributed by atoms with Crippen LogP contribution in [0.3, 0.4) is 0 Å². The largest absolute Gasteiger partial charge is 0.477 e. The van der Waals surface area contributed by atoms with Gasteiger partial charge in [-0.05, 0) is 11.6 Å². The number of carboxylic acids is 1. The Morgan fingerprint density at radius 1 is 1.50 bits per heavy atom. The van der Waals surface area contributed by atoms with E-state index in [0.717, 1.165) is 16.5 Å². The maximum absolute atomic E-state index is 10.7. The van der Waals surface area contributed by atoms with E-state index >= 15 is 0 Å². The van der Waals surface area contributed by atoms with Crippen molar-refractivity contribution in [3.05, 3.63) is 36.0 Å². The van der Waals surface area contributed by atoms with Gasteiger partial charge in [0.15, 0.2) is 5.71 Å². The molecule has 2 aromatic rings. The minimum atomic E-state index is -1.00. The van der Waals surface area contributed by atoms with Crippen molar-refractivity contribution in [1.82, 2.24) is 4.98 Å². The predicted molar refractivity (Wildman–Crippen MR) is 66.6 cm³/mol. The SMILES string of the molecule is O=C(O)C1=NO[C@@H](Cc2c[nH]c3ccccc23)C1. The van der Waals surface area contributed by atoms with Crippen molar-refractivity contribution in [3.8, 4) is 0 Å². The molecule has 5 nitrogen and oxygen atoms in total. The summed E-state index contributed by atoms with van der Waals surface area (Å²) in [5.41, 5.74) is 2.29. The molecule has 18 heavy (non-hydrogen) atoms. The molecule has 0 saturated heterocycles. The summed E-state index contributed by atoms with van der Waals surface area (Å²) < 4.78 is 0. The van der Waals surface area contributed by atoms with E-state index in [9.17, 15) is 4.79 Å². The van der Waals surface area contributed by atoms with Gasteiger partial charge < -0.3 is 14.9 Å². The number of carboxylic acid groups (broad SMARTS) is 1. The molecule has 2 N–H and O–H groups in total. The van der Waals surface area contributed by atoms with Crippen molar-refractivity contribution in [2.24, 2.45) is 5.16 Å². The highest BCUT2D eigenvalue weighted by atomic mass is 16.6.